The first kappa shape index (κ1) is 14.4. The number of likely N-dealkylation sites (N-methyl/N-ethyl adjacent to an activating group) is 1. The number of ether oxygens (including phenoxy) is 2. The number of rotatable bonds is 5. The Labute approximate surface area is 103 Å². The molecule has 2 unspecified atom stereocenters. The fraction of sp³-hybridized carbons (Fsp3) is 0.917. The Morgan fingerprint density at radius 2 is 2.35 bits per heavy atom. The van der Waals surface area contributed by atoms with Gasteiger partial charge in [-0.25, -0.2) is 4.79 Å². The molecule has 0 aliphatic carbocycles. The van der Waals surface area contributed by atoms with Gasteiger partial charge in [-0.2, -0.15) is 0 Å². The molecule has 1 N–H and O–H groups in total. The van der Waals surface area contributed by atoms with E-state index in [1.54, 1.807) is 0 Å². The van der Waals surface area contributed by atoms with Crippen molar-refractivity contribution in [3.8, 4) is 0 Å². The Kier molecular flexibility index (Phi) is 5.36. The SMILES string of the molecule is COC(=O)C(C)(O)CN(C)CC1CCCOC1. The molecule has 17 heavy (non-hydrogen) atoms. The van der Waals surface area contributed by atoms with Crippen LogP contribution in [-0.4, -0.2) is 62.0 Å². The maximum Gasteiger partial charge on any atom is 0.338 e. The molecule has 1 fully saturated rings. The van der Waals surface area contributed by atoms with E-state index in [0.29, 0.717) is 5.92 Å². The van der Waals surface area contributed by atoms with Gasteiger partial charge in [0.25, 0.3) is 0 Å². The largest absolute Gasteiger partial charge is 0.467 e. The summed E-state index contributed by atoms with van der Waals surface area (Å²) in [6.07, 6.45) is 2.23. The van der Waals surface area contributed by atoms with Crippen LogP contribution in [-0.2, 0) is 14.3 Å². The van der Waals surface area contributed by atoms with Gasteiger partial charge in [-0.05, 0) is 32.7 Å². The van der Waals surface area contributed by atoms with Gasteiger partial charge in [0.15, 0.2) is 5.60 Å². The van der Waals surface area contributed by atoms with Crippen LogP contribution >= 0.6 is 0 Å². The second-order valence-corrected chi connectivity index (χ2v) is 5.05. The molecule has 1 heterocycles. The standard InChI is InChI=1S/C12H23NO4/c1-12(15,11(14)16-3)9-13(2)7-10-5-4-6-17-8-10/h10,15H,4-9H2,1-3H3. The Hall–Kier alpha value is -0.650. The summed E-state index contributed by atoms with van der Waals surface area (Å²) in [6.45, 7) is 4.20. The lowest BCUT2D eigenvalue weighted by atomic mass is 10.0. The maximum atomic E-state index is 11.3. The highest BCUT2D eigenvalue weighted by atomic mass is 16.5. The first-order valence-corrected chi connectivity index (χ1v) is 6.03. The lowest BCUT2D eigenvalue weighted by Gasteiger charge is -2.31. The molecule has 5 heteroatoms. The highest BCUT2D eigenvalue weighted by Crippen LogP contribution is 2.16. The smallest absolute Gasteiger partial charge is 0.338 e. The van der Waals surface area contributed by atoms with E-state index in [1.165, 1.54) is 14.0 Å². The summed E-state index contributed by atoms with van der Waals surface area (Å²) in [5.41, 5.74) is -1.45. The summed E-state index contributed by atoms with van der Waals surface area (Å²) in [7, 11) is 3.18. The van der Waals surface area contributed by atoms with Crippen molar-refractivity contribution >= 4 is 5.97 Å². The van der Waals surface area contributed by atoms with Crippen LogP contribution in [0.25, 0.3) is 0 Å². The van der Waals surface area contributed by atoms with E-state index in [1.807, 2.05) is 11.9 Å². The zero-order chi connectivity index (χ0) is 12.9. The van der Waals surface area contributed by atoms with Crippen molar-refractivity contribution in [2.45, 2.75) is 25.4 Å². The highest BCUT2D eigenvalue weighted by molar-refractivity contribution is 5.78. The number of esters is 1. The molecular formula is C12H23NO4. The molecule has 0 saturated carbocycles. The van der Waals surface area contributed by atoms with Crippen LogP contribution in [0.5, 0.6) is 0 Å². The summed E-state index contributed by atoms with van der Waals surface area (Å²) >= 11 is 0. The number of aliphatic hydroxyl groups is 1. The van der Waals surface area contributed by atoms with E-state index in [0.717, 1.165) is 32.6 Å². The van der Waals surface area contributed by atoms with Gasteiger partial charge in [0, 0.05) is 19.7 Å². The third kappa shape index (κ3) is 4.61. The van der Waals surface area contributed by atoms with Gasteiger partial charge >= 0.3 is 5.97 Å². The predicted molar refractivity (Wildman–Crippen MR) is 63.7 cm³/mol. The van der Waals surface area contributed by atoms with Crippen molar-refractivity contribution in [1.82, 2.24) is 4.90 Å². The second-order valence-electron chi connectivity index (χ2n) is 5.05. The van der Waals surface area contributed by atoms with Gasteiger partial charge in [0.1, 0.15) is 0 Å². The van der Waals surface area contributed by atoms with Gasteiger partial charge < -0.3 is 19.5 Å². The second kappa shape index (κ2) is 6.33. The zero-order valence-electron chi connectivity index (χ0n) is 10.9. The number of hydrogen-bond donors (Lipinski definition) is 1. The van der Waals surface area contributed by atoms with Gasteiger partial charge in [-0.3, -0.25) is 0 Å². The third-order valence-corrected chi connectivity index (χ3v) is 3.03. The fourth-order valence-corrected chi connectivity index (χ4v) is 2.27. The molecule has 0 spiro atoms. The quantitative estimate of drug-likeness (QED) is 0.705. The van der Waals surface area contributed by atoms with Crippen LogP contribution in [0.3, 0.4) is 0 Å². The molecule has 0 bridgehead atoms. The van der Waals surface area contributed by atoms with Gasteiger partial charge in [0.2, 0.25) is 0 Å². The predicted octanol–water partition coefficient (Wildman–Crippen LogP) is 0.269. The molecule has 2 atom stereocenters. The van der Waals surface area contributed by atoms with Crippen molar-refractivity contribution < 1.29 is 19.4 Å². The molecule has 0 aromatic heterocycles. The Morgan fingerprint density at radius 3 is 2.88 bits per heavy atom. The summed E-state index contributed by atoms with van der Waals surface area (Å²) in [5, 5.41) is 9.94. The van der Waals surface area contributed by atoms with Gasteiger partial charge in [-0.15, -0.1) is 0 Å². The monoisotopic (exact) mass is 245 g/mol. The molecule has 0 amide bonds. The first-order valence-electron chi connectivity index (χ1n) is 6.03. The minimum atomic E-state index is -1.45. The Balaban J connectivity index is 2.37. The highest BCUT2D eigenvalue weighted by Gasteiger charge is 2.33. The number of methoxy groups -OCH3 is 1. The van der Waals surface area contributed by atoms with Crippen LogP contribution in [0.1, 0.15) is 19.8 Å². The molecule has 1 rings (SSSR count). The normalized spacial score (nSPS) is 24.4. The summed E-state index contributed by atoms with van der Waals surface area (Å²) in [5.74, 6) is -0.105. The van der Waals surface area contributed by atoms with E-state index >= 15 is 0 Å². The molecule has 0 radical (unpaired) electrons. The van der Waals surface area contributed by atoms with E-state index < -0.39 is 11.6 Å². The van der Waals surface area contributed by atoms with E-state index in [2.05, 4.69) is 4.74 Å². The molecule has 1 saturated heterocycles. The number of hydrogen-bond acceptors (Lipinski definition) is 5. The van der Waals surface area contributed by atoms with Crippen LogP contribution in [0.2, 0.25) is 0 Å². The minimum Gasteiger partial charge on any atom is -0.467 e. The molecular weight excluding hydrogens is 222 g/mol. The zero-order valence-corrected chi connectivity index (χ0v) is 10.9. The van der Waals surface area contributed by atoms with E-state index in [-0.39, 0.29) is 6.54 Å². The lowest BCUT2D eigenvalue weighted by Crippen LogP contribution is -2.47. The fourth-order valence-electron chi connectivity index (χ4n) is 2.27. The lowest BCUT2D eigenvalue weighted by molar-refractivity contribution is -0.162. The van der Waals surface area contributed by atoms with Gasteiger partial charge in [0.05, 0.1) is 13.7 Å². The first-order chi connectivity index (χ1) is 7.95. The Bertz CT molecular complexity index is 249. The van der Waals surface area contributed by atoms with Crippen LogP contribution in [0.15, 0.2) is 0 Å². The maximum absolute atomic E-state index is 11.3. The van der Waals surface area contributed by atoms with Crippen LogP contribution in [0.4, 0.5) is 0 Å². The van der Waals surface area contributed by atoms with Gasteiger partial charge in [-0.1, -0.05) is 0 Å². The van der Waals surface area contributed by atoms with Crippen molar-refractivity contribution in [3.63, 3.8) is 0 Å². The molecule has 100 valence electrons. The van der Waals surface area contributed by atoms with Crippen molar-refractivity contribution in [2.24, 2.45) is 5.92 Å². The summed E-state index contributed by atoms with van der Waals surface area (Å²) in [4.78, 5) is 13.3. The molecule has 1 aliphatic heterocycles. The number of carbonyl (C=O) groups is 1. The Morgan fingerprint density at radius 1 is 1.65 bits per heavy atom. The van der Waals surface area contributed by atoms with Crippen molar-refractivity contribution in [3.05, 3.63) is 0 Å². The molecule has 0 aromatic carbocycles. The molecule has 0 aromatic rings. The van der Waals surface area contributed by atoms with E-state index in [4.69, 9.17) is 4.74 Å². The summed E-state index contributed by atoms with van der Waals surface area (Å²) in [6, 6.07) is 0. The topological polar surface area (TPSA) is 59.0 Å². The average molecular weight is 245 g/mol. The number of nitrogens with zero attached hydrogens (tertiary/aromatic N) is 1. The third-order valence-electron chi connectivity index (χ3n) is 3.03. The minimum absolute atomic E-state index is 0.274. The molecule has 1 aliphatic rings. The van der Waals surface area contributed by atoms with Crippen LogP contribution in [0, 0.1) is 5.92 Å². The van der Waals surface area contributed by atoms with Crippen molar-refractivity contribution in [1.29, 1.82) is 0 Å². The molecule has 5 nitrogen and oxygen atoms in total. The summed E-state index contributed by atoms with van der Waals surface area (Å²) < 4.78 is 9.97. The van der Waals surface area contributed by atoms with E-state index in [9.17, 15) is 9.90 Å². The number of carbonyl (C=O) groups excluding carboxylic acids is 1. The van der Waals surface area contributed by atoms with Crippen molar-refractivity contribution in [2.75, 3.05) is 40.5 Å². The van der Waals surface area contributed by atoms with Crippen LogP contribution < -0.4 is 0 Å². The average Bonchev–Trinajstić information content (AvgIpc) is 2.28.